The Hall–Kier alpha value is -3.53. The Morgan fingerprint density at radius 2 is 1.81 bits per heavy atom. The summed E-state index contributed by atoms with van der Waals surface area (Å²) >= 11 is 1.21. The van der Waals surface area contributed by atoms with E-state index in [2.05, 4.69) is 10.9 Å². The van der Waals surface area contributed by atoms with Gasteiger partial charge in [0.25, 0.3) is 23.6 Å². The minimum absolute atomic E-state index is 0.0426. The van der Waals surface area contributed by atoms with Crippen molar-refractivity contribution in [3.05, 3.63) is 57.3 Å². The number of thiophene rings is 1. The number of nitrogens with one attached hydrogen (secondary N) is 2. The number of fused-ring (bicyclic) bond motifs is 1. The molecule has 162 valence electrons. The standard InChI is InChI=1S/C21H21N3O6S/c1-12(2)7-8-24-19(27)14-6-5-13(10-15(14)20(24)28)21(29)30-11-17(25)22-23-18(26)16-4-3-9-31-16/h3-6,9-10,12H,7-8,11H2,1-2H3,(H,22,25)(H,23,26). The summed E-state index contributed by atoms with van der Waals surface area (Å²) < 4.78 is 4.93. The Labute approximate surface area is 182 Å². The van der Waals surface area contributed by atoms with Crippen LogP contribution in [-0.4, -0.2) is 47.6 Å². The first-order valence-electron chi connectivity index (χ1n) is 9.58. The van der Waals surface area contributed by atoms with Gasteiger partial charge in [0.1, 0.15) is 0 Å². The molecule has 3 rings (SSSR count). The second kappa shape index (κ2) is 9.52. The Morgan fingerprint density at radius 3 is 2.48 bits per heavy atom. The number of hydrazine groups is 1. The van der Waals surface area contributed by atoms with Crippen LogP contribution in [0.25, 0.3) is 0 Å². The largest absolute Gasteiger partial charge is 0.452 e. The van der Waals surface area contributed by atoms with Crippen LogP contribution >= 0.6 is 11.3 Å². The number of carbonyl (C=O) groups is 5. The average molecular weight is 443 g/mol. The third-order valence-electron chi connectivity index (χ3n) is 4.53. The molecule has 4 amide bonds. The summed E-state index contributed by atoms with van der Waals surface area (Å²) in [6.45, 7) is 3.67. The third-order valence-corrected chi connectivity index (χ3v) is 5.40. The molecule has 0 aliphatic carbocycles. The van der Waals surface area contributed by atoms with Crippen molar-refractivity contribution < 1.29 is 28.7 Å². The van der Waals surface area contributed by atoms with Gasteiger partial charge in [-0.2, -0.15) is 0 Å². The molecule has 0 fully saturated rings. The molecule has 0 bridgehead atoms. The van der Waals surface area contributed by atoms with Gasteiger partial charge in [0.2, 0.25) is 0 Å². The first kappa shape index (κ1) is 22.2. The second-order valence-electron chi connectivity index (χ2n) is 7.26. The van der Waals surface area contributed by atoms with E-state index in [-0.39, 0.29) is 22.6 Å². The summed E-state index contributed by atoms with van der Waals surface area (Å²) in [4.78, 5) is 62.4. The molecule has 1 aromatic heterocycles. The predicted octanol–water partition coefficient (Wildman–Crippen LogP) is 2.01. The van der Waals surface area contributed by atoms with Gasteiger partial charge in [-0.05, 0) is 42.0 Å². The summed E-state index contributed by atoms with van der Waals surface area (Å²) in [6.07, 6.45) is 0.679. The fraction of sp³-hybridized carbons (Fsp3) is 0.286. The van der Waals surface area contributed by atoms with Crippen LogP contribution in [0.3, 0.4) is 0 Å². The van der Waals surface area contributed by atoms with E-state index in [1.807, 2.05) is 13.8 Å². The summed E-state index contributed by atoms with van der Waals surface area (Å²) in [6, 6.07) is 7.36. The van der Waals surface area contributed by atoms with E-state index in [1.165, 1.54) is 34.4 Å². The fourth-order valence-corrected chi connectivity index (χ4v) is 3.47. The van der Waals surface area contributed by atoms with Gasteiger partial charge < -0.3 is 4.74 Å². The molecule has 0 spiro atoms. The van der Waals surface area contributed by atoms with Crippen molar-refractivity contribution in [2.75, 3.05) is 13.2 Å². The predicted molar refractivity (Wildman–Crippen MR) is 111 cm³/mol. The summed E-state index contributed by atoms with van der Waals surface area (Å²) in [5.74, 6) is -2.56. The molecule has 1 aromatic carbocycles. The molecule has 31 heavy (non-hydrogen) atoms. The van der Waals surface area contributed by atoms with Crippen LogP contribution in [0.15, 0.2) is 35.7 Å². The highest BCUT2D eigenvalue weighted by Crippen LogP contribution is 2.25. The SMILES string of the molecule is CC(C)CCN1C(=O)c2ccc(C(=O)OCC(=O)NNC(=O)c3cccs3)cc2C1=O. The van der Waals surface area contributed by atoms with E-state index >= 15 is 0 Å². The zero-order chi connectivity index (χ0) is 22.5. The Balaban J connectivity index is 1.55. The summed E-state index contributed by atoms with van der Waals surface area (Å²) in [5, 5.41) is 1.72. The van der Waals surface area contributed by atoms with Crippen molar-refractivity contribution in [2.24, 2.45) is 5.92 Å². The number of hydrogen-bond acceptors (Lipinski definition) is 7. The first-order valence-corrected chi connectivity index (χ1v) is 10.5. The maximum Gasteiger partial charge on any atom is 0.338 e. The smallest absolute Gasteiger partial charge is 0.338 e. The number of imide groups is 1. The van der Waals surface area contributed by atoms with Gasteiger partial charge in [-0.15, -0.1) is 11.3 Å². The van der Waals surface area contributed by atoms with Crippen LogP contribution in [0.2, 0.25) is 0 Å². The minimum Gasteiger partial charge on any atom is -0.452 e. The molecule has 10 heteroatoms. The van der Waals surface area contributed by atoms with Crippen LogP contribution in [0.5, 0.6) is 0 Å². The number of benzene rings is 1. The van der Waals surface area contributed by atoms with E-state index in [0.29, 0.717) is 23.8 Å². The van der Waals surface area contributed by atoms with Gasteiger partial charge in [0.15, 0.2) is 6.61 Å². The molecular formula is C21H21N3O6S. The molecule has 1 aliphatic heterocycles. The van der Waals surface area contributed by atoms with Crippen LogP contribution in [0.1, 0.15) is 61.0 Å². The zero-order valence-electron chi connectivity index (χ0n) is 17.0. The number of esters is 1. The molecule has 0 unspecified atom stereocenters. The van der Waals surface area contributed by atoms with Crippen LogP contribution in [0, 0.1) is 5.92 Å². The highest BCUT2D eigenvalue weighted by Gasteiger charge is 2.35. The monoisotopic (exact) mass is 443 g/mol. The number of ether oxygens (including phenoxy) is 1. The van der Waals surface area contributed by atoms with Gasteiger partial charge >= 0.3 is 5.97 Å². The van der Waals surface area contributed by atoms with Gasteiger partial charge in [-0.25, -0.2) is 4.79 Å². The molecule has 9 nitrogen and oxygen atoms in total. The lowest BCUT2D eigenvalue weighted by atomic mass is 10.1. The van der Waals surface area contributed by atoms with E-state index in [0.717, 1.165) is 0 Å². The third kappa shape index (κ3) is 5.15. The fourth-order valence-electron chi connectivity index (χ4n) is 2.85. The van der Waals surface area contributed by atoms with Crippen LogP contribution < -0.4 is 10.9 Å². The van der Waals surface area contributed by atoms with Gasteiger partial charge in [-0.1, -0.05) is 19.9 Å². The van der Waals surface area contributed by atoms with Crippen molar-refractivity contribution in [2.45, 2.75) is 20.3 Å². The molecule has 2 N–H and O–H groups in total. The molecule has 0 radical (unpaired) electrons. The highest BCUT2D eigenvalue weighted by molar-refractivity contribution is 7.12. The Kier molecular flexibility index (Phi) is 6.81. The number of amides is 4. The number of hydrogen-bond donors (Lipinski definition) is 2. The van der Waals surface area contributed by atoms with E-state index < -0.39 is 30.3 Å². The molecular weight excluding hydrogens is 422 g/mol. The molecule has 0 atom stereocenters. The quantitative estimate of drug-likeness (QED) is 0.384. The number of carbonyl (C=O) groups excluding carboxylic acids is 5. The van der Waals surface area contributed by atoms with E-state index in [1.54, 1.807) is 17.5 Å². The van der Waals surface area contributed by atoms with E-state index in [4.69, 9.17) is 4.74 Å². The molecule has 1 aliphatic rings. The summed E-state index contributed by atoms with van der Waals surface area (Å²) in [5.41, 5.74) is 4.77. The lowest BCUT2D eigenvalue weighted by molar-refractivity contribution is -0.125. The molecule has 0 saturated carbocycles. The molecule has 2 aromatic rings. The lowest BCUT2D eigenvalue weighted by Gasteiger charge is -2.14. The van der Waals surface area contributed by atoms with Crippen molar-refractivity contribution in [3.63, 3.8) is 0 Å². The Morgan fingerprint density at radius 1 is 1.06 bits per heavy atom. The van der Waals surface area contributed by atoms with Crippen LogP contribution in [0.4, 0.5) is 0 Å². The molecule has 0 saturated heterocycles. The van der Waals surface area contributed by atoms with Crippen molar-refractivity contribution >= 4 is 40.9 Å². The average Bonchev–Trinajstić information content (AvgIpc) is 3.36. The number of nitrogens with zero attached hydrogens (tertiary/aromatic N) is 1. The van der Waals surface area contributed by atoms with Gasteiger partial charge in [-0.3, -0.25) is 34.9 Å². The Bertz CT molecular complexity index is 1030. The lowest BCUT2D eigenvalue weighted by Crippen LogP contribution is -2.43. The zero-order valence-corrected chi connectivity index (χ0v) is 17.8. The normalized spacial score (nSPS) is 12.7. The van der Waals surface area contributed by atoms with E-state index in [9.17, 15) is 24.0 Å². The summed E-state index contributed by atoms with van der Waals surface area (Å²) in [7, 11) is 0. The number of rotatable bonds is 7. The molecule has 2 heterocycles. The maximum atomic E-state index is 12.6. The van der Waals surface area contributed by atoms with Crippen molar-refractivity contribution in [3.8, 4) is 0 Å². The second-order valence-corrected chi connectivity index (χ2v) is 8.21. The first-order chi connectivity index (χ1) is 14.8. The van der Waals surface area contributed by atoms with Gasteiger partial charge in [0.05, 0.1) is 21.6 Å². The highest BCUT2D eigenvalue weighted by atomic mass is 32.1. The minimum atomic E-state index is -0.830. The maximum absolute atomic E-state index is 12.6. The van der Waals surface area contributed by atoms with Gasteiger partial charge in [0, 0.05) is 6.54 Å². The van der Waals surface area contributed by atoms with Crippen LogP contribution in [-0.2, 0) is 9.53 Å². The topological polar surface area (TPSA) is 122 Å². The van der Waals surface area contributed by atoms with Crippen molar-refractivity contribution in [1.29, 1.82) is 0 Å². The van der Waals surface area contributed by atoms with Crippen molar-refractivity contribution in [1.82, 2.24) is 15.8 Å².